The second-order valence-electron chi connectivity index (χ2n) is 4.32. The highest BCUT2D eigenvalue weighted by atomic mass is 16.4. The van der Waals surface area contributed by atoms with Crippen LogP contribution >= 0.6 is 0 Å². The van der Waals surface area contributed by atoms with E-state index in [1.165, 1.54) is 0 Å². The van der Waals surface area contributed by atoms with Gasteiger partial charge in [-0.05, 0) is 12.8 Å². The first-order valence-corrected chi connectivity index (χ1v) is 6.21. The normalized spacial score (nSPS) is 17.0. The molecule has 0 bridgehead atoms. The first-order chi connectivity index (χ1) is 8.63. The summed E-state index contributed by atoms with van der Waals surface area (Å²) in [5, 5.41) is 11.5. The van der Waals surface area contributed by atoms with Gasteiger partial charge in [0.2, 0.25) is 0 Å². The van der Waals surface area contributed by atoms with Gasteiger partial charge in [-0.2, -0.15) is 0 Å². The van der Waals surface area contributed by atoms with Crippen molar-refractivity contribution in [2.75, 3.05) is 39.3 Å². The number of rotatable bonds is 5. The molecule has 18 heavy (non-hydrogen) atoms. The van der Waals surface area contributed by atoms with Crippen molar-refractivity contribution in [3.8, 4) is 0 Å². The topological polar surface area (TPSA) is 72.9 Å². The number of carbonyl (C=O) groups is 2. The van der Waals surface area contributed by atoms with E-state index in [2.05, 4.69) is 11.9 Å². The van der Waals surface area contributed by atoms with Crippen LogP contribution in [0.2, 0.25) is 0 Å². The Morgan fingerprint density at radius 2 is 2.06 bits per heavy atom. The Balaban J connectivity index is 2.34. The maximum Gasteiger partial charge on any atom is 0.317 e. The summed E-state index contributed by atoms with van der Waals surface area (Å²) in [5.74, 6) is -0.820. The van der Waals surface area contributed by atoms with Crippen molar-refractivity contribution in [2.45, 2.75) is 12.8 Å². The minimum Gasteiger partial charge on any atom is -0.480 e. The molecule has 6 heteroatoms. The Morgan fingerprint density at radius 1 is 1.28 bits per heavy atom. The fourth-order valence-corrected chi connectivity index (χ4v) is 1.92. The summed E-state index contributed by atoms with van der Waals surface area (Å²) < 4.78 is 0. The van der Waals surface area contributed by atoms with Crippen molar-refractivity contribution >= 4 is 12.0 Å². The zero-order valence-corrected chi connectivity index (χ0v) is 10.6. The molecule has 102 valence electrons. The highest BCUT2D eigenvalue weighted by Gasteiger charge is 2.19. The third-order valence-corrected chi connectivity index (χ3v) is 2.86. The van der Waals surface area contributed by atoms with Gasteiger partial charge in [0.05, 0.1) is 6.54 Å². The van der Waals surface area contributed by atoms with E-state index >= 15 is 0 Å². The lowest BCUT2D eigenvalue weighted by Crippen LogP contribution is -2.42. The smallest absolute Gasteiger partial charge is 0.317 e. The fourth-order valence-electron chi connectivity index (χ4n) is 1.92. The quantitative estimate of drug-likeness (QED) is 0.550. The number of urea groups is 1. The summed E-state index contributed by atoms with van der Waals surface area (Å²) in [6.07, 6.45) is 3.32. The molecular formula is C12H21N3O3. The van der Waals surface area contributed by atoms with Crippen LogP contribution in [-0.2, 0) is 4.79 Å². The van der Waals surface area contributed by atoms with Crippen LogP contribution in [0.25, 0.3) is 0 Å². The maximum atomic E-state index is 11.8. The van der Waals surface area contributed by atoms with Crippen molar-refractivity contribution in [2.24, 2.45) is 0 Å². The lowest BCUT2D eigenvalue weighted by atomic mass is 10.4. The highest BCUT2D eigenvalue weighted by molar-refractivity contribution is 5.74. The van der Waals surface area contributed by atoms with Crippen LogP contribution in [-0.4, -0.2) is 66.2 Å². The molecule has 1 fully saturated rings. The van der Waals surface area contributed by atoms with Gasteiger partial charge in [-0.25, -0.2) is 4.79 Å². The Hall–Kier alpha value is -1.56. The molecule has 2 amide bonds. The molecule has 1 heterocycles. The first kappa shape index (κ1) is 14.5. The van der Waals surface area contributed by atoms with E-state index in [4.69, 9.17) is 5.11 Å². The lowest BCUT2D eigenvalue weighted by Gasteiger charge is -2.21. The third kappa shape index (κ3) is 5.18. The fraction of sp³-hybridized carbons (Fsp3) is 0.667. The largest absolute Gasteiger partial charge is 0.480 e. The minimum atomic E-state index is -0.820. The van der Waals surface area contributed by atoms with Gasteiger partial charge < -0.3 is 15.3 Å². The average molecular weight is 255 g/mol. The highest BCUT2D eigenvalue weighted by Crippen LogP contribution is 2.03. The van der Waals surface area contributed by atoms with E-state index in [0.717, 1.165) is 19.4 Å². The van der Waals surface area contributed by atoms with Gasteiger partial charge >= 0.3 is 12.0 Å². The van der Waals surface area contributed by atoms with Crippen LogP contribution in [0, 0.1) is 0 Å². The molecule has 0 radical (unpaired) electrons. The van der Waals surface area contributed by atoms with E-state index in [-0.39, 0.29) is 12.6 Å². The Morgan fingerprint density at radius 3 is 2.72 bits per heavy atom. The lowest BCUT2D eigenvalue weighted by molar-refractivity contribution is -0.138. The van der Waals surface area contributed by atoms with E-state index in [9.17, 15) is 9.59 Å². The van der Waals surface area contributed by atoms with E-state index < -0.39 is 5.97 Å². The number of nitrogens with zero attached hydrogens (tertiary/aromatic N) is 2. The second kappa shape index (κ2) is 7.71. The summed E-state index contributed by atoms with van der Waals surface area (Å²) in [7, 11) is 0. The van der Waals surface area contributed by atoms with E-state index in [1.807, 2.05) is 4.90 Å². The van der Waals surface area contributed by atoms with Gasteiger partial charge in [0.1, 0.15) is 0 Å². The van der Waals surface area contributed by atoms with Crippen LogP contribution in [0.3, 0.4) is 0 Å². The zero-order valence-electron chi connectivity index (χ0n) is 10.6. The predicted molar refractivity (Wildman–Crippen MR) is 68.5 cm³/mol. The summed E-state index contributed by atoms with van der Waals surface area (Å²) >= 11 is 0. The third-order valence-electron chi connectivity index (χ3n) is 2.86. The number of amides is 2. The number of carboxylic acids is 1. The molecule has 0 aromatic heterocycles. The Bertz CT molecular complexity index is 307. The van der Waals surface area contributed by atoms with Crippen molar-refractivity contribution in [3.63, 3.8) is 0 Å². The number of carbonyl (C=O) groups excluding carboxylic acids is 1. The number of hydrogen-bond acceptors (Lipinski definition) is 3. The molecular weight excluding hydrogens is 234 g/mol. The summed E-state index contributed by atoms with van der Waals surface area (Å²) in [6.45, 7) is 6.83. The Labute approximate surface area is 107 Å². The van der Waals surface area contributed by atoms with Gasteiger partial charge in [0.25, 0.3) is 0 Å². The minimum absolute atomic E-state index is 0.0475. The van der Waals surface area contributed by atoms with Crippen molar-refractivity contribution in [1.29, 1.82) is 0 Å². The number of nitrogens with one attached hydrogen (secondary N) is 1. The zero-order chi connectivity index (χ0) is 13.4. The van der Waals surface area contributed by atoms with Crippen molar-refractivity contribution < 1.29 is 14.7 Å². The molecule has 0 saturated carbocycles. The molecule has 1 aliphatic heterocycles. The van der Waals surface area contributed by atoms with Gasteiger partial charge in [0, 0.05) is 32.7 Å². The van der Waals surface area contributed by atoms with Crippen LogP contribution in [0.4, 0.5) is 4.79 Å². The number of aliphatic carboxylic acids is 1. The monoisotopic (exact) mass is 255 g/mol. The molecule has 0 unspecified atom stereocenters. The Kier molecular flexibility index (Phi) is 6.21. The van der Waals surface area contributed by atoms with Crippen LogP contribution in [0.1, 0.15) is 12.8 Å². The van der Waals surface area contributed by atoms with Crippen molar-refractivity contribution in [3.05, 3.63) is 12.7 Å². The molecule has 1 aliphatic rings. The molecule has 6 nitrogen and oxygen atoms in total. The van der Waals surface area contributed by atoms with Gasteiger partial charge in [-0.3, -0.25) is 9.69 Å². The molecule has 0 aliphatic carbocycles. The SMILES string of the molecule is C=CCCNC(=O)N1CCCN(CC(=O)O)CC1. The summed E-state index contributed by atoms with van der Waals surface area (Å²) in [5.41, 5.74) is 0. The van der Waals surface area contributed by atoms with Gasteiger partial charge in [-0.15, -0.1) is 6.58 Å². The molecule has 0 spiro atoms. The van der Waals surface area contributed by atoms with Gasteiger partial charge in [0.15, 0.2) is 0 Å². The molecule has 2 N–H and O–H groups in total. The summed E-state index contributed by atoms with van der Waals surface area (Å²) in [6, 6.07) is -0.0750. The standard InChI is InChI=1S/C12H21N3O3/c1-2-3-5-13-12(18)15-7-4-6-14(8-9-15)10-11(16)17/h2H,1,3-10H2,(H,13,18)(H,16,17). The van der Waals surface area contributed by atoms with E-state index in [1.54, 1.807) is 11.0 Å². The molecule has 0 atom stereocenters. The van der Waals surface area contributed by atoms with Crippen molar-refractivity contribution in [1.82, 2.24) is 15.1 Å². The first-order valence-electron chi connectivity index (χ1n) is 6.21. The second-order valence-corrected chi connectivity index (χ2v) is 4.32. The molecule has 0 aromatic rings. The maximum absolute atomic E-state index is 11.8. The van der Waals surface area contributed by atoms with Gasteiger partial charge in [-0.1, -0.05) is 6.08 Å². The van der Waals surface area contributed by atoms with E-state index in [0.29, 0.717) is 26.2 Å². The molecule has 1 rings (SSSR count). The predicted octanol–water partition coefficient (Wildman–Crippen LogP) is 0.364. The van der Waals surface area contributed by atoms with Crippen LogP contribution < -0.4 is 5.32 Å². The number of hydrogen-bond donors (Lipinski definition) is 2. The number of carboxylic acid groups (broad SMARTS) is 1. The molecule has 1 saturated heterocycles. The van der Waals surface area contributed by atoms with Crippen LogP contribution in [0.5, 0.6) is 0 Å². The van der Waals surface area contributed by atoms with Crippen LogP contribution in [0.15, 0.2) is 12.7 Å². The molecule has 0 aromatic carbocycles. The average Bonchev–Trinajstić information content (AvgIpc) is 2.54. The summed E-state index contributed by atoms with van der Waals surface area (Å²) in [4.78, 5) is 26.0.